The molecule has 2 aliphatic rings. The van der Waals surface area contributed by atoms with E-state index in [-0.39, 0.29) is 29.4 Å². The molecule has 0 aromatic rings. The quantitative estimate of drug-likeness (QED) is 0.809. The second kappa shape index (κ2) is 4.31. The van der Waals surface area contributed by atoms with E-state index in [1.807, 2.05) is 18.7 Å². The van der Waals surface area contributed by atoms with Crippen molar-refractivity contribution in [1.29, 1.82) is 0 Å². The molecule has 0 spiro atoms. The third-order valence-electron chi connectivity index (χ3n) is 4.27. The van der Waals surface area contributed by atoms with Crippen molar-refractivity contribution in [2.24, 2.45) is 0 Å². The molecule has 4 heteroatoms. The van der Waals surface area contributed by atoms with Crippen molar-refractivity contribution in [3.8, 4) is 0 Å². The van der Waals surface area contributed by atoms with Gasteiger partial charge in [-0.05, 0) is 39.0 Å². The Bertz CT molecular complexity index is 336. The van der Waals surface area contributed by atoms with Crippen LogP contribution < -0.4 is 5.32 Å². The minimum absolute atomic E-state index is 0.0204. The molecule has 1 aliphatic carbocycles. The lowest BCUT2D eigenvalue weighted by Crippen LogP contribution is -2.70. The van der Waals surface area contributed by atoms with E-state index < -0.39 is 0 Å². The van der Waals surface area contributed by atoms with Crippen LogP contribution in [0, 0.1) is 0 Å². The lowest BCUT2D eigenvalue weighted by molar-refractivity contribution is -0.161. The monoisotopic (exact) mass is 238 g/mol. The zero-order valence-corrected chi connectivity index (χ0v) is 11.0. The first-order valence-electron chi connectivity index (χ1n) is 6.67. The summed E-state index contributed by atoms with van der Waals surface area (Å²) in [5.74, 6) is 0.133. The number of nitrogens with one attached hydrogen (secondary N) is 1. The van der Waals surface area contributed by atoms with Gasteiger partial charge >= 0.3 is 0 Å². The maximum Gasteiger partial charge on any atom is 0.246 e. The summed E-state index contributed by atoms with van der Waals surface area (Å²) < 4.78 is 0. The van der Waals surface area contributed by atoms with Crippen molar-refractivity contribution in [3.05, 3.63) is 0 Å². The number of rotatable bonds is 3. The maximum absolute atomic E-state index is 12.4. The van der Waals surface area contributed by atoms with Crippen LogP contribution in [-0.4, -0.2) is 34.3 Å². The fourth-order valence-electron chi connectivity index (χ4n) is 2.98. The van der Waals surface area contributed by atoms with E-state index in [1.165, 1.54) is 0 Å². The van der Waals surface area contributed by atoms with Crippen LogP contribution in [-0.2, 0) is 9.59 Å². The highest BCUT2D eigenvalue weighted by atomic mass is 16.2. The number of hydrogen-bond acceptors (Lipinski definition) is 2. The van der Waals surface area contributed by atoms with Gasteiger partial charge in [-0.2, -0.15) is 0 Å². The molecule has 0 radical (unpaired) electrons. The summed E-state index contributed by atoms with van der Waals surface area (Å²) in [6, 6.07) is -0.585. The molecular weight excluding hydrogens is 216 g/mol. The Morgan fingerprint density at radius 2 is 1.94 bits per heavy atom. The number of carbonyl (C=O) groups excluding carboxylic acids is 2. The first-order valence-corrected chi connectivity index (χ1v) is 6.67. The third kappa shape index (κ3) is 1.83. The average Bonchev–Trinajstić information content (AvgIpc) is 2.28. The third-order valence-corrected chi connectivity index (χ3v) is 4.27. The van der Waals surface area contributed by atoms with Crippen LogP contribution in [0.25, 0.3) is 0 Å². The summed E-state index contributed by atoms with van der Waals surface area (Å²) in [5.41, 5.74) is -0.0804. The van der Waals surface area contributed by atoms with Gasteiger partial charge in [0.25, 0.3) is 0 Å². The smallest absolute Gasteiger partial charge is 0.246 e. The maximum atomic E-state index is 12.4. The molecule has 1 saturated carbocycles. The molecule has 0 aromatic heterocycles. The van der Waals surface area contributed by atoms with Gasteiger partial charge in [-0.15, -0.1) is 0 Å². The molecule has 2 amide bonds. The number of piperazine rings is 1. The van der Waals surface area contributed by atoms with Crippen LogP contribution in [0.2, 0.25) is 0 Å². The van der Waals surface area contributed by atoms with Gasteiger partial charge in [-0.3, -0.25) is 9.59 Å². The number of hydrogen-bond donors (Lipinski definition) is 1. The summed E-state index contributed by atoms with van der Waals surface area (Å²) in [4.78, 5) is 26.3. The van der Waals surface area contributed by atoms with Crippen molar-refractivity contribution in [1.82, 2.24) is 10.2 Å². The molecule has 2 rings (SSSR count). The van der Waals surface area contributed by atoms with Gasteiger partial charge < -0.3 is 10.2 Å². The van der Waals surface area contributed by atoms with Crippen molar-refractivity contribution >= 4 is 11.8 Å². The Morgan fingerprint density at radius 3 is 2.35 bits per heavy atom. The Labute approximate surface area is 103 Å². The Morgan fingerprint density at radius 1 is 1.29 bits per heavy atom. The SMILES string of the molecule is CCC1NC(=O)C(CC)N(C2(C)CCC2)C1=O. The van der Waals surface area contributed by atoms with Gasteiger partial charge in [-0.1, -0.05) is 13.8 Å². The minimum Gasteiger partial charge on any atom is -0.343 e. The van der Waals surface area contributed by atoms with Crippen LogP contribution in [0.15, 0.2) is 0 Å². The molecule has 96 valence electrons. The normalized spacial score (nSPS) is 32.1. The average molecular weight is 238 g/mol. The first kappa shape index (κ1) is 12.4. The van der Waals surface area contributed by atoms with E-state index in [0.29, 0.717) is 12.8 Å². The summed E-state index contributed by atoms with van der Waals surface area (Å²) in [5, 5.41) is 2.84. The Kier molecular flexibility index (Phi) is 3.15. The molecule has 1 heterocycles. The van der Waals surface area contributed by atoms with Crippen molar-refractivity contribution in [3.63, 3.8) is 0 Å². The molecule has 1 N–H and O–H groups in total. The molecule has 1 aliphatic heterocycles. The zero-order valence-electron chi connectivity index (χ0n) is 11.0. The minimum atomic E-state index is -0.317. The molecule has 4 nitrogen and oxygen atoms in total. The van der Waals surface area contributed by atoms with Crippen LogP contribution in [0.3, 0.4) is 0 Å². The predicted molar refractivity (Wildman–Crippen MR) is 65.4 cm³/mol. The van der Waals surface area contributed by atoms with Crippen molar-refractivity contribution in [2.75, 3.05) is 0 Å². The predicted octanol–water partition coefficient (Wildman–Crippen LogP) is 1.44. The Hall–Kier alpha value is -1.06. The molecule has 2 atom stereocenters. The molecule has 1 saturated heterocycles. The van der Waals surface area contributed by atoms with Gasteiger partial charge in [0.2, 0.25) is 11.8 Å². The molecule has 0 aromatic carbocycles. The van der Waals surface area contributed by atoms with E-state index in [9.17, 15) is 9.59 Å². The molecular formula is C13H22N2O2. The topological polar surface area (TPSA) is 49.4 Å². The highest BCUT2D eigenvalue weighted by Crippen LogP contribution is 2.40. The molecule has 2 fully saturated rings. The summed E-state index contributed by atoms with van der Waals surface area (Å²) in [7, 11) is 0. The molecule has 2 unspecified atom stereocenters. The second-order valence-electron chi connectivity index (χ2n) is 5.45. The molecule has 17 heavy (non-hydrogen) atoms. The van der Waals surface area contributed by atoms with Crippen LogP contribution in [0.1, 0.15) is 52.9 Å². The van der Waals surface area contributed by atoms with Crippen molar-refractivity contribution < 1.29 is 9.59 Å². The summed E-state index contributed by atoms with van der Waals surface area (Å²) >= 11 is 0. The lowest BCUT2D eigenvalue weighted by Gasteiger charge is -2.53. The zero-order chi connectivity index (χ0) is 12.6. The van der Waals surface area contributed by atoms with E-state index in [1.54, 1.807) is 0 Å². The Balaban J connectivity index is 2.28. The van der Waals surface area contributed by atoms with E-state index in [0.717, 1.165) is 19.3 Å². The summed E-state index contributed by atoms with van der Waals surface area (Å²) in [6.07, 6.45) is 4.59. The fraction of sp³-hybridized carbons (Fsp3) is 0.846. The number of nitrogens with zero attached hydrogens (tertiary/aromatic N) is 1. The van der Waals surface area contributed by atoms with Gasteiger partial charge in [0.1, 0.15) is 12.1 Å². The summed E-state index contributed by atoms with van der Waals surface area (Å²) in [6.45, 7) is 6.03. The van der Waals surface area contributed by atoms with Crippen LogP contribution >= 0.6 is 0 Å². The number of carbonyl (C=O) groups is 2. The lowest BCUT2D eigenvalue weighted by atomic mass is 9.75. The van der Waals surface area contributed by atoms with Gasteiger partial charge in [0.15, 0.2) is 0 Å². The van der Waals surface area contributed by atoms with Crippen LogP contribution in [0.4, 0.5) is 0 Å². The van der Waals surface area contributed by atoms with Gasteiger partial charge in [-0.25, -0.2) is 0 Å². The second-order valence-corrected chi connectivity index (χ2v) is 5.45. The van der Waals surface area contributed by atoms with Gasteiger partial charge in [0.05, 0.1) is 0 Å². The number of amides is 2. The van der Waals surface area contributed by atoms with E-state index in [4.69, 9.17) is 0 Å². The molecule has 0 bridgehead atoms. The standard InChI is InChI=1S/C13H22N2O2/c1-4-9-12(17)15(13(3)7-6-8-13)10(5-2)11(16)14-9/h9-10H,4-8H2,1-3H3,(H,14,16). The largest absolute Gasteiger partial charge is 0.343 e. The highest BCUT2D eigenvalue weighted by molar-refractivity contribution is 5.97. The van der Waals surface area contributed by atoms with E-state index >= 15 is 0 Å². The fourth-order valence-corrected chi connectivity index (χ4v) is 2.98. The van der Waals surface area contributed by atoms with Gasteiger partial charge in [0, 0.05) is 5.54 Å². The highest BCUT2D eigenvalue weighted by Gasteiger charge is 2.49. The van der Waals surface area contributed by atoms with Crippen molar-refractivity contribution in [2.45, 2.75) is 70.5 Å². The van der Waals surface area contributed by atoms with E-state index in [2.05, 4.69) is 12.2 Å². The first-order chi connectivity index (χ1) is 8.03. The van der Waals surface area contributed by atoms with Crippen LogP contribution in [0.5, 0.6) is 0 Å².